The second kappa shape index (κ2) is 5.82. The predicted molar refractivity (Wildman–Crippen MR) is 117 cm³/mol. The number of carbonyl (C=O) groups excluding carboxylic acids is 2. The highest BCUT2D eigenvalue weighted by Crippen LogP contribution is 2.52. The Morgan fingerprint density at radius 2 is 1.63 bits per heavy atom. The number of benzene rings is 2. The van der Waals surface area contributed by atoms with E-state index >= 15 is 0 Å². The van der Waals surface area contributed by atoms with Gasteiger partial charge in [-0.25, -0.2) is 0 Å². The van der Waals surface area contributed by atoms with Crippen molar-refractivity contribution >= 4 is 28.2 Å². The van der Waals surface area contributed by atoms with E-state index in [2.05, 4.69) is 30.2 Å². The molecule has 0 bridgehead atoms. The second-order valence-electron chi connectivity index (χ2n) is 9.34. The van der Waals surface area contributed by atoms with E-state index in [4.69, 9.17) is 0 Å². The number of dihydropyridines is 1. The number of carbonyl (C=O) groups is 2. The van der Waals surface area contributed by atoms with Gasteiger partial charge in [-0.1, -0.05) is 56.3 Å². The molecule has 1 atom stereocenters. The van der Waals surface area contributed by atoms with Gasteiger partial charge in [-0.2, -0.15) is 0 Å². The van der Waals surface area contributed by atoms with Crippen LogP contribution >= 0.6 is 0 Å². The van der Waals surface area contributed by atoms with Crippen molar-refractivity contribution in [3.05, 3.63) is 88.3 Å². The van der Waals surface area contributed by atoms with Gasteiger partial charge in [0, 0.05) is 57.4 Å². The molecule has 0 saturated heterocycles. The van der Waals surface area contributed by atoms with Crippen LogP contribution in [0.5, 0.6) is 0 Å². The molecular formula is C26H22N2O2. The van der Waals surface area contributed by atoms with Gasteiger partial charge in [-0.05, 0) is 23.5 Å². The molecule has 2 aliphatic carbocycles. The van der Waals surface area contributed by atoms with E-state index in [1.165, 1.54) is 0 Å². The quantitative estimate of drug-likeness (QED) is 0.603. The van der Waals surface area contributed by atoms with E-state index in [0.29, 0.717) is 17.6 Å². The molecule has 4 heteroatoms. The molecule has 0 fully saturated rings. The summed E-state index contributed by atoms with van der Waals surface area (Å²) >= 11 is 0. The molecule has 4 nitrogen and oxygen atoms in total. The fourth-order valence-corrected chi connectivity index (χ4v) is 5.43. The van der Waals surface area contributed by atoms with Crippen molar-refractivity contribution in [3.8, 4) is 0 Å². The summed E-state index contributed by atoms with van der Waals surface area (Å²) in [7, 11) is 0. The Morgan fingerprint density at radius 3 is 2.47 bits per heavy atom. The summed E-state index contributed by atoms with van der Waals surface area (Å²) < 4.78 is 0. The highest BCUT2D eigenvalue weighted by Gasteiger charge is 2.46. The Labute approximate surface area is 174 Å². The molecule has 2 heterocycles. The largest absolute Gasteiger partial charge is 0.361 e. The summed E-state index contributed by atoms with van der Waals surface area (Å²) in [4.78, 5) is 30.3. The van der Waals surface area contributed by atoms with Crippen molar-refractivity contribution in [2.45, 2.75) is 32.6 Å². The fraction of sp³-hybridized carbons (Fsp3) is 0.231. The van der Waals surface area contributed by atoms with Crippen molar-refractivity contribution in [2.75, 3.05) is 0 Å². The fourth-order valence-electron chi connectivity index (χ4n) is 5.43. The molecule has 3 aromatic rings. The maximum Gasteiger partial charge on any atom is 0.192 e. The molecule has 0 spiro atoms. The van der Waals surface area contributed by atoms with Crippen LogP contribution in [0.4, 0.5) is 0 Å². The van der Waals surface area contributed by atoms with Crippen LogP contribution in [-0.4, -0.2) is 16.6 Å². The third-order valence-electron chi connectivity index (χ3n) is 6.66. The summed E-state index contributed by atoms with van der Waals surface area (Å²) in [6.07, 6.45) is 3.26. The number of para-hydroxylation sites is 1. The zero-order valence-electron chi connectivity index (χ0n) is 17.0. The van der Waals surface area contributed by atoms with Gasteiger partial charge in [-0.3, -0.25) is 9.59 Å². The first kappa shape index (κ1) is 17.5. The first-order valence-electron chi connectivity index (χ1n) is 10.4. The summed E-state index contributed by atoms with van der Waals surface area (Å²) in [5.41, 5.74) is 6.87. The van der Waals surface area contributed by atoms with Crippen LogP contribution in [0.25, 0.3) is 16.6 Å². The zero-order chi connectivity index (χ0) is 20.6. The van der Waals surface area contributed by atoms with Gasteiger partial charge < -0.3 is 10.3 Å². The predicted octanol–water partition coefficient (Wildman–Crippen LogP) is 5.11. The van der Waals surface area contributed by atoms with Crippen molar-refractivity contribution in [1.29, 1.82) is 0 Å². The van der Waals surface area contributed by atoms with Gasteiger partial charge in [0.25, 0.3) is 0 Å². The highest BCUT2D eigenvalue weighted by molar-refractivity contribution is 6.23. The lowest BCUT2D eigenvalue weighted by Gasteiger charge is -2.38. The lowest BCUT2D eigenvalue weighted by Crippen LogP contribution is -2.37. The Balaban J connectivity index is 1.64. The van der Waals surface area contributed by atoms with Gasteiger partial charge >= 0.3 is 0 Å². The minimum absolute atomic E-state index is 0.0209. The van der Waals surface area contributed by atoms with E-state index < -0.39 is 0 Å². The van der Waals surface area contributed by atoms with E-state index in [0.717, 1.165) is 45.4 Å². The van der Waals surface area contributed by atoms with Gasteiger partial charge in [-0.15, -0.1) is 0 Å². The molecule has 2 aromatic carbocycles. The second-order valence-corrected chi connectivity index (χ2v) is 9.34. The third-order valence-corrected chi connectivity index (χ3v) is 6.66. The molecule has 2 N–H and O–H groups in total. The highest BCUT2D eigenvalue weighted by atomic mass is 16.1. The molecule has 6 rings (SSSR count). The van der Waals surface area contributed by atoms with E-state index in [9.17, 15) is 9.59 Å². The molecule has 30 heavy (non-hydrogen) atoms. The Kier molecular flexibility index (Phi) is 3.39. The summed E-state index contributed by atoms with van der Waals surface area (Å²) in [5.74, 6) is -0.192. The number of rotatable bonds is 1. The minimum Gasteiger partial charge on any atom is -0.361 e. The first-order chi connectivity index (χ1) is 14.4. The number of Topliss-reactive ketones (excluding diaryl/α,β-unsaturated/α-hetero) is 2. The van der Waals surface area contributed by atoms with E-state index in [1.807, 2.05) is 48.7 Å². The average Bonchev–Trinajstić information content (AvgIpc) is 3.26. The molecular weight excluding hydrogens is 372 g/mol. The molecule has 1 aromatic heterocycles. The maximum absolute atomic E-state index is 13.5. The van der Waals surface area contributed by atoms with Crippen molar-refractivity contribution < 1.29 is 9.59 Å². The lowest BCUT2D eigenvalue weighted by molar-refractivity contribution is -0.118. The van der Waals surface area contributed by atoms with E-state index in [1.54, 1.807) is 0 Å². The number of ketones is 2. The molecule has 3 aliphatic rings. The number of nitrogens with one attached hydrogen (secondary N) is 2. The molecule has 0 amide bonds. The van der Waals surface area contributed by atoms with Crippen molar-refractivity contribution in [3.63, 3.8) is 0 Å². The van der Waals surface area contributed by atoms with Crippen molar-refractivity contribution in [1.82, 2.24) is 10.3 Å². The lowest BCUT2D eigenvalue weighted by atomic mass is 9.68. The number of fused-ring (bicyclic) bond motifs is 3. The van der Waals surface area contributed by atoms with Crippen LogP contribution in [0, 0.1) is 5.41 Å². The Morgan fingerprint density at radius 1 is 0.900 bits per heavy atom. The first-order valence-corrected chi connectivity index (χ1v) is 10.4. The average molecular weight is 394 g/mol. The standard InChI is InChI=1S/C26H22N2O2/c1-26(2)11-19-22(20(29)12-26)21(17-13-27-18-10-6-5-7-14(17)18)23-24(28-19)15-8-3-4-9-16(15)25(23)30/h3-10,13,21,27-28H,11-12H2,1-2H3. The van der Waals surface area contributed by atoms with Gasteiger partial charge in [0.1, 0.15) is 0 Å². The summed E-state index contributed by atoms with van der Waals surface area (Å²) in [6, 6.07) is 15.8. The van der Waals surface area contributed by atoms with Gasteiger partial charge in [0.05, 0.1) is 5.70 Å². The van der Waals surface area contributed by atoms with Gasteiger partial charge in [0.2, 0.25) is 0 Å². The van der Waals surface area contributed by atoms with E-state index in [-0.39, 0.29) is 22.9 Å². The number of hydrogen-bond acceptors (Lipinski definition) is 3. The third kappa shape index (κ3) is 2.28. The van der Waals surface area contributed by atoms with Crippen LogP contribution in [0.2, 0.25) is 0 Å². The van der Waals surface area contributed by atoms with Crippen LogP contribution in [-0.2, 0) is 4.79 Å². The number of H-pyrrole nitrogens is 1. The monoisotopic (exact) mass is 394 g/mol. The SMILES string of the molecule is CC1(C)CC(=O)C2=C(C1)NC1=C(C(=O)c3ccccc31)C2c1c[nH]c2ccccc12. The number of aromatic amines is 1. The zero-order valence-corrected chi connectivity index (χ0v) is 17.0. The molecule has 1 unspecified atom stereocenters. The minimum atomic E-state index is -0.351. The smallest absolute Gasteiger partial charge is 0.192 e. The molecule has 0 radical (unpaired) electrons. The number of allylic oxidation sites excluding steroid dienone is 3. The normalized spacial score (nSPS) is 22.1. The Hall–Kier alpha value is -3.40. The number of aromatic nitrogens is 1. The van der Waals surface area contributed by atoms with Crippen LogP contribution in [0.3, 0.4) is 0 Å². The van der Waals surface area contributed by atoms with Crippen LogP contribution in [0.15, 0.2) is 71.6 Å². The number of hydrogen-bond donors (Lipinski definition) is 2. The summed E-state index contributed by atoms with van der Waals surface area (Å²) in [5, 5.41) is 4.60. The molecule has 0 saturated carbocycles. The molecule has 1 aliphatic heterocycles. The maximum atomic E-state index is 13.5. The van der Waals surface area contributed by atoms with Crippen molar-refractivity contribution in [2.24, 2.45) is 5.41 Å². The molecule has 148 valence electrons. The van der Waals surface area contributed by atoms with Crippen LogP contribution < -0.4 is 5.32 Å². The topological polar surface area (TPSA) is 62.0 Å². The van der Waals surface area contributed by atoms with Gasteiger partial charge in [0.15, 0.2) is 11.6 Å². The van der Waals surface area contributed by atoms with Crippen LogP contribution in [0.1, 0.15) is 54.1 Å². The Bertz CT molecular complexity index is 1340. The summed E-state index contributed by atoms with van der Waals surface area (Å²) in [6.45, 7) is 4.27.